The number of nitrogens with two attached hydrogens (primary N) is 1. The van der Waals surface area contributed by atoms with Crippen molar-refractivity contribution < 1.29 is 29.3 Å². The second-order valence-electron chi connectivity index (χ2n) is 8.80. The Balaban J connectivity index is 1.94. The van der Waals surface area contributed by atoms with E-state index in [9.17, 15) is 24.4 Å². The summed E-state index contributed by atoms with van der Waals surface area (Å²) < 4.78 is 19.1. The molecular weight excluding hydrogens is 443 g/mol. The molecule has 1 saturated heterocycles. The first-order chi connectivity index (χ1) is 16.0. The molecule has 10 heteroatoms. The SMILES string of the molecule is C=c1cc(N2CCOCC2)c(NC(=O)c2ccc(F)c([N+](=O)[O-])c2)c/c1=C/[NH2+]CCC(C)(C)O. The maximum Gasteiger partial charge on any atom is 0.305 e. The Morgan fingerprint density at radius 2 is 2.06 bits per heavy atom. The van der Waals surface area contributed by atoms with Crippen molar-refractivity contribution in [2.24, 2.45) is 0 Å². The van der Waals surface area contributed by atoms with Crippen LogP contribution in [0.15, 0.2) is 30.3 Å². The molecule has 9 nitrogen and oxygen atoms in total. The third-order valence-electron chi connectivity index (χ3n) is 5.48. The highest BCUT2D eigenvalue weighted by atomic mass is 19.1. The fraction of sp³-hybridized carbons (Fsp3) is 0.375. The van der Waals surface area contributed by atoms with Crippen molar-refractivity contribution in [1.29, 1.82) is 0 Å². The number of halogens is 1. The number of carbonyl (C=O) groups excluding carboxylic acids is 1. The number of aliphatic hydroxyl groups is 1. The minimum atomic E-state index is -1.00. The lowest BCUT2D eigenvalue weighted by Gasteiger charge is -2.30. The molecule has 1 amide bonds. The van der Waals surface area contributed by atoms with Crippen LogP contribution in [0.25, 0.3) is 12.8 Å². The van der Waals surface area contributed by atoms with Gasteiger partial charge in [0.25, 0.3) is 5.91 Å². The fourth-order valence-electron chi connectivity index (χ4n) is 3.60. The van der Waals surface area contributed by atoms with E-state index in [1.165, 1.54) is 6.07 Å². The number of anilines is 2. The lowest BCUT2D eigenvalue weighted by Crippen LogP contribution is -2.79. The number of benzene rings is 2. The molecule has 1 heterocycles. The molecule has 1 aliphatic heterocycles. The van der Waals surface area contributed by atoms with Crippen molar-refractivity contribution >= 4 is 35.7 Å². The summed E-state index contributed by atoms with van der Waals surface area (Å²) in [6.45, 7) is 10.6. The van der Waals surface area contributed by atoms with Crippen LogP contribution in [0.5, 0.6) is 0 Å². The number of nitrogens with zero attached hydrogens (tertiary/aromatic N) is 2. The molecule has 3 rings (SSSR count). The first-order valence-electron chi connectivity index (χ1n) is 11.0. The van der Waals surface area contributed by atoms with Gasteiger partial charge in [-0.05, 0) is 43.3 Å². The molecule has 34 heavy (non-hydrogen) atoms. The summed E-state index contributed by atoms with van der Waals surface area (Å²) in [4.78, 5) is 25.2. The quantitative estimate of drug-likeness (QED) is 0.295. The lowest BCUT2D eigenvalue weighted by atomic mass is 10.1. The summed E-state index contributed by atoms with van der Waals surface area (Å²) in [5, 5.41) is 27.3. The highest BCUT2D eigenvalue weighted by Gasteiger charge is 2.20. The number of carbonyl (C=O) groups is 1. The van der Waals surface area contributed by atoms with Crippen LogP contribution in [0.3, 0.4) is 0 Å². The van der Waals surface area contributed by atoms with E-state index in [1.54, 1.807) is 19.9 Å². The van der Waals surface area contributed by atoms with E-state index in [-0.39, 0.29) is 5.56 Å². The van der Waals surface area contributed by atoms with Crippen LogP contribution in [-0.4, -0.2) is 54.4 Å². The number of nitrogens with one attached hydrogen (secondary N) is 1. The van der Waals surface area contributed by atoms with Crippen molar-refractivity contribution in [3.63, 3.8) is 0 Å². The number of quaternary nitrogens is 1. The Kier molecular flexibility index (Phi) is 7.98. The van der Waals surface area contributed by atoms with E-state index < -0.39 is 27.9 Å². The largest absolute Gasteiger partial charge is 0.390 e. The molecule has 0 bridgehead atoms. The zero-order valence-corrected chi connectivity index (χ0v) is 19.3. The van der Waals surface area contributed by atoms with Gasteiger partial charge in [0.2, 0.25) is 5.82 Å². The minimum Gasteiger partial charge on any atom is -0.390 e. The van der Waals surface area contributed by atoms with E-state index in [2.05, 4.69) is 16.8 Å². The van der Waals surface area contributed by atoms with Crippen LogP contribution in [0.2, 0.25) is 0 Å². The van der Waals surface area contributed by atoms with Gasteiger partial charge in [-0.15, -0.1) is 0 Å². The van der Waals surface area contributed by atoms with E-state index in [0.29, 0.717) is 45.0 Å². The van der Waals surface area contributed by atoms with Crippen molar-refractivity contribution in [2.75, 3.05) is 43.1 Å². The second-order valence-corrected chi connectivity index (χ2v) is 8.80. The average Bonchev–Trinajstić information content (AvgIpc) is 2.78. The fourth-order valence-corrected chi connectivity index (χ4v) is 3.60. The van der Waals surface area contributed by atoms with Gasteiger partial charge in [-0.1, -0.05) is 6.58 Å². The molecule has 0 atom stereocenters. The Hall–Kier alpha value is -3.34. The average molecular weight is 474 g/mol. The molecule has 0 aromatic heterocycles. The summed E-state index contributed by atoms with van der Waals surface area (Å²) in [6.07, 6.45) is 2.48. The number of ether oxygens (including phenoxy) is 1. The highest BCUT2D eigenvalue weighted by molar-refractivity contribution is 6.06. The lowest BCUT2D eigenvalue weighted by molar-refractivity contribution is -0.555. The number of hydrogen-bond acceptors (Lipinski definition) is 6. The second kappa shape index (κ2) is 10.7. The molecule has 0 radical (unpaired) electrons. The maximum absolute atomic E-state index is 13.7. The van der Waals surface area contributed by atoms with Gasteiger partial charge in [-0.2, -0.15) is 4.39 Å². The molecule has 0 spiro atoms. The molecule has 182 valence electrons. The molecule has 2 aromatic carbocycles. The molecule has 1 fully saturated rings. The van der Waals surface area contributed by atoms with Crippen LogP contribution in [0, 0.1) is 15.9 Å². The first-order valence-corrected chi connectivity index (χ1v) is 11.0. The smallest absolute Gasteiger partial charge is 0.305 e. The number of rotatable bonds is 8. The highest BCUT2D eigenvalue weighted by Crippen LogP contribution is 2.25. The van der Waals surface area contributed by atoms with Crippen molar-refractivity contribution in [1.82, 2.24) is 0 Å². The molecule has 1 aliphatic rings. The topological polar surface area (TPSA) is 122 Å². The number of nitro benzene ring substituents is 1. The van der Waals surface area contributed by atoms with E-state index >= 15 is 0 Å². The van der Waals surface area contributed by atoms with Crippen molar-refractivity contribution in [3.8, 4) is 0 Å². The Labute approximate surface area is 196 Å². The summed E-state index contributed by atoms with van der Waals surface area (Å²) in [5.41, 5.74) is -0.291. The number of nitro groups is 1. The number of amides is 1. The first kappa shape index (κ1) is 25.3. The van der Waals surface area contributed by atoms with Gasteiger partial charge in [0.1, 0.15) is 6.20 Å². The van der Waals surface area contributed by atoms with Crippen LogP contribution >= 0.6 is 0 Å². The molecular formula is C24H30FN4O5+. The molecule has 0 saturated carbocycles. The third-order valence-corrected chi connectivity index (χ3v) is 5.48. The summed E-state index contributed by atoms with van der Waals surface area (Å²) in [6, 6.07) is 6.71. The molecule has 0 aliphatic carbocycles. The van der Waals surface area contributed by atoms with Gasteiger partial charge >= 0.3 is 5.69 Å². The zero-order chi connectivity index (χ0) is 24.9. The number of morpholine rings is 1. The van der Waals surface area contributed by atoms with Gasteiger partial charge in [0, 0.05) is 36.4 Å². The Morgan fingerprint density at radius 1 is 1.35 bits per heavy atom. The number of hydrogen-bond donors (Lipinski definition) is 3. The Bertz CT molecular complexity index is 1170. The van der Waals surface area contributed by atoms with E-state index in [1.807, 2.05) is 17.6 Å². The van der Waals surface area contributed by atoms with Gasteiger partial charge in [-0.25, -0.2) is 0 Å². The van der Waals surface area contributed by atoms with Crippen LogP contribution in [-0.2, 0) is 4.74 Å². The zero-order valence-electron chi connectivity index (χ0n) is 19.3. The van der Waals surface area contributed by atoms with E-state index in [4.69, 9.17) is 4.74 Å². The van der Waals surface area contributed by atoms with Gasteiger partial charge < -0.3 is 25.4 Å². The van der Waals surface area contributed by atoms with Gasteiger partial charge in [0.05, 0.1) is 41.7 Å². The molecule has 2 aromatic rings. The predicted molar refractivity (Wildman–Crippen MR) is 127 cm³/mol. The van der Waals surface area contributed by atoms with Crippen LogP contribution in [0.4, 0.5) is 21.5 Å². The maximum atomic E-state index is 13.7. The molecule has 0 unspecified atom stereocenters. The standard InChI is InChI=1S/C24H29FN4O5/c1-16-12-22(28-8-10-34-11-9-28)20(13-18(16)15-26-7-6-24(2,3)31)27-23(30)17-4-5-19(25)21(14-17)29(32)33/h4-5,12-15,26,31H,1,6-11H2,2-3H3,(H,27,30)/p+1/b18-15-. The predicted octanol–water partition coefficient (Wildman–Crippen LogP) is 0.696. The third kappa shape index (κ3) is 6.60. The van der Waals surface area contributed by atoms with Gasteiger partial charge in [-0.3, -0.25) is 14.9 Å². The summed E-state index contributed by atoms with van der Waals surface area (Å²) in [5.74, 6) is -1.60. The monoisotopic (exact) mass is 473 g/mol. The van der Waals surface area contributed by atoms with Crippen LogP contribution in [0.1, 0.15) is 30.6 Å². The molecule has 4 N–H and O–H groups in total. The van der Waals surface area contributed by atoms with Crippen molar-refractivity contribution in [2.45, 2.75) is 25.9 Å². The van der Waals surface area contributed by atoms with Crippen molar-refractivity contribution in [3.05, 3.63) is 62.3 Å². The van der Waals surface area contributed by atoms with E-state index in [0.717, 1.165) is 28.3 Å². The Morgan fingerprint density at radius 3 is 2.71 bits per heavy atom. The van der Waals surface area contributed by atoms with Gasteiger partial charge in [0.15, 0.2) is 0 Å². The van der Waals surface area contributed by atoms with Crippen LogP contribution < -0.4 is 26.0 Å². The minimum absolute atomic E-state index is 0.0259. The normalized spacial score (nSPS) is 14.8. The summed E-state index contributed by atoms with van der Waals surface area (Å²) >= 11 is 0. The summed E-state index contributed by atoms with van der Waals surface area (Å²) in [7, 11) is 0.